The third-order valence-electron chi connectivity index (χ3n) is 4.26. The van der Waals surface area contributed by atoms with Crippen LogP contribution in [0.1, 0.15) is 58.3 Å². The molecule has 0 radical (unpaired) electrons. The van der Waals surface area contributed by atoms with Crippen LogP contribution in [0.5, 0.6) is 11.5 Å². The van der Waals surface area contributed by atoms with Gasteiger partial charge in [0.2, 0.25) is 0 Å². The van der Waals surface area contributed by atoms with Crippen LogP contribution >= 0.6 is 7.60 Å². The minimum Gasteiger partial charge on any atom is -0.416 e. The van der Waals surface area contributed by atoms with Crippen LogP contribution in [0, 0.1) is 0 Å². The predicted molar refractivity (Wildman–Crippen MR) is 109 cm³/mol. The molecule has 0 aliphatic rings. The molecule has 2 aromatic rings. The molecular weight excluding hydrogens is 343 g/mol. The molecule has 2 aromatic carbocycles. The molecule has 0 bridgehead atoms. The van der Waals surface area contributed by atoms with E-state index in [2.05, 4.69) is 6.92 Å². The molecular formula is C22H31O3P. The lowest BCUT2D eigenvalue weighted by Gasteiger charge is -2.20. The first-order valence-electron chi connectivity index (χ1n) is 9.80. The van der Waals surface area contributed by atoms with Crippen molar-refractivity contribution in [3.05, 3.63) is 60.7 Å². The maximum atomic E-state index is 13.3. The van der Waals surface area contributed by atoms with Crippen LogP contribution in [0.15, 0.2) is 60.7 Å². The maximum absolute atomic E-state index is 13.3. The van der Waals surface area contributed by atoms with Gasteiger partial charge in [-0.2, -0.15) is 0 Å². The second-order valence-corrected chi connectivity index (χ2v) is 8.65. The zero-order valence-electron chi connectivity index (χ0n) is 15.8. The molecule has 0 aliphatic carbocycles. The average molecular weight is 374 g/mol. The first-order chi connectivity index (χ1) is 12.7. The van der Waals surface area contributed by atoms with Gasteiger partial charge in [-0.05, 0) is 30.7 Å². The summed E-state index contributed by atoms with van der Waals surface area (Å²) >= 11 is 0. The van der Waals surface area contributed by atoms with Crippen molar-refractivity contribution < 1.29 is 13.6 Å². The average Bonchev–Trinajstić information content (AvgIpc) is 2.65. The predicted octanol–water partition coefficient (Wildman–Crippen LogP) is 7.48. The molecule has 0 N–H and O–H groups in total. The van der Waals surface area contributed by atoms with E-state index in [4.69, 9.17) is 9.05 Å². The molecule has 0 fully saturated rings. The van der Waals surface area contributed by atoms with Gasteiger partial charge in [-0.3, -0.25) is 0 Å². The van der Waals surface area contributed by atoms with Gasteiger partial charge in [-0.25, -0.2) is 4.57 Å². The Labute approximate surface area is 158 Å². The molecule has 26 heavy (non-hydrogen) atoms. The van der Waals surface area contributed by atoms with Gasteiger partial charge in [0.25, 0.3) is 0 Å². The van der Waals surface area contributed by atoms with Crippen LogP contribution < -0.4 is 9.05 Å². The lowest BCUT2D eigenvalue weighted by molar-refractivity contribution is 0.383. The van der Waals surface area contributed by atoms with Gasteiger partial charge in [-0.1, -0.05) is 88.3 Å². The summed E-state index contributed by atoms with van der Waals surface area (Å²) in [5.74, 6) is 1.18. The van der Waals surface area contributed by atoms with Gasteiger partial charge >= 0.3 is 7.60 Å². The smallest absolute Gasteiger partial charge is 0.416 e. The summed E-state index contributed by atoms with van der Waals surface area (Å²) < 4.78 is 24.9. The monoisotopic (exact) mass is 374 g/mol. The van der Waals surface area contributed by atoms with Crippen molar-refractivity contribution in [2.75, 3.05) is 6.16 Å². The van der Waals surface area contributed by atoms with Gasteiger partial charge in [0.15, 0.2) is 0 Å². The molecule has 0 amide bonds. The number of para-hydroxylation sites is 2. The molecule has 0 saturated heterocycles. The topological polar surface area (TPSA) is 35.5 Å². The largest absolute Gasteiger partial charge is 0.430 e. The van der Waals surface area contributed by atoms with Crippen molar-refractivity contribution in [3.63, 3.8) is 0 Å². The standard InChI is InChI=1S/C22H31O3P/c1-2-3-4-5-6-7-8-15-20-26(23,24-21-16-11-9-12-17-21)25-22-18-13-10-14-19-22/h9-14,16-19H,2-8,15,20H2,1H3. The molecule has 0 spiro atoms. The number of benzene rings is 2. The van der Waals surface area contributed by atoms with Crippen LogP contribution in [0.3, 0.4) is 0 Å². The maximum Gasteiger partial charge on any atom is 0.430 e. The van der Waals surface area contributed by atoms with E-state index in [0.29, 0.717) is 17.7 Å². The van der Waals surface area contributed by atoms with Crippen LogP contribution in [-0.2, 0) is 4.57 Å². The molecule has 0 unspecified atom stereocenters. The van der Waals surface area contributed by atoms with E-state index in [1.165, 1.54) is 38.5 Å². The van der Waals surface area contributed by atoms with Crippen molar-refractivity contribution >= 4 is 7.60 Å². The molecule has 0 saturated carbocycles. The highest BCUT2D eigenvalue weighted by Gasteiger charge is 2.27. The van der Waals surface area contributed by atoms with Crippen LogP contribution in [0.25, 0.3) is 0 Å². The van der Waals surface area contributed by atoms with E-state index < -0.39 is 7.60 Å². The van der Waals surface area contributed by atoms with Gasteiger partial charge in [0.1, 0.15) is 11.5 Å². The van der Waals surface area contributed by atoms with Crippen molar-refractivity contribution in [3.8, 4) is 11.5 Å². The summed E-state index contributed by atoms with van der Waals surface area (Å²) in [5.41, 5.74) is 0. The fourth-order valence-corrected chi connectivity index (χ4v) is 4.55. The fraction of sp³-hybridized carbons (Fsp3) is 0.455. The lowest BCUT2D eigenvalue weighted by atomic mass is 10.1. The third-order valence-corrected chi connectivity index (χ3v) is 6.10. The van der Waals surface area contributed by atoms with Gasteiger partial charge < -0.3 is 9.05 Å². The Bertz CT molecular complexity index is 597. The molecule has 142 valence electrons. The normalized spacial score (nSPS) is 11.3. The summed E-state index contributed by atoms with van der Waals surface area (Å²) in [7, 11) is -3.23. The second-order valence-electron chi connectivity index (χ2n) is 6.62. The molecule has 2 rings (SSSR count). The Morgan fingerprint density at radius 3 is 1.54 bits per heavy atom. The van der Waals surface area contributed by atoms with E-state index in [-0.39, 0.29) is 0 Å². The van der Waals surface area contributed by atoms with E-state index in [1.54, 1.807) is 0 Å². The Kier molecular flexibility index (Phi) is 9.34. The van der Waals surface area contributed by atoms with E-state index in [1.807, 2.05) is 60.7 Å². The molecule has 0 aliphatic heterocycles. The Balaban J connectivity index is 1.85. The zero-order chi connectivity index (χ0) is 18.5. The summed E-state index contributed by atoms with van der Waals surface area (Å²) in [6, 6.07) is 18.6. The minimum absolute atomic E-state index is 0.436. The number of unbranched alkanes of at least 4 members (excludes halogenated alkanes) is 7. The first kappa shape index (κ1) is 20.6. The zero-order valence-corrected chi connectivity index (χ0v) is 16.7. The van der Waals surface area contributed by atoms with Crippen LogP contribution in [-0.4, -0.2) is 6.16 Å². The molecule has 0 heterocycles. The summed E-state index contributed by atoms with van der Waals surface area (Å²) in [6.45, 7) is 2.23. The summed E-state index contributed by atoms with van der Waals surface area (Å²) in [5, 5.41) is 0. The minimum atomic E-state index is -3.23. The van der Waals surface area contributed by atoms with Gasteiger partial charge in [-0.15, -0.1) is 0 Å². The number of hydrogen-bond acceptors (Lipinski definition) is 3. The quantitative estimate of drug-likeness (QED) is 0.269. The highest BCUT2D eigenvalue weighted by Crippen LogP contribution is 2.49. The second kappa shape index (κ2) is 11.8. The SMILES string of the molecule is CCCCCCCCCCP(=O)(Oc1ccccc1)Oc1ccccc1. The molecule has 0 atom stereocenters. The van der Waals surface area contributed by atoms with Gasteiger partial charge in [0, 0.05) is 0 Å². The Hall–Kier alpha value is -1.73. The van der Waals surface area contributed by atoms with Gasteiger partial charge in [0.05, 0.1) is 6.16 Å². The van der Waals surface area contributed by atoms with E-state index >= 15 is 0 Å². The van der Waals surface area contributed by atoms with Crippen molar-refractivity contribution in [2.24, 2.45) is 0 Å². The molecule has 4 heteroatoms. The highest BCUT2D eigenvalue weighted by molar-refractivity contribution is 7.54. The summed E-state index contributed by atoms with van der Waals surface area (Å²) in [6.07, 6.45) is 10.0. The lowest BCUT2D eigenvalue weighted by Crippen LogP contribution is -2.05. The van der Waals surface area contributed by atoms with Crippen LogP contribution in [0.4, 0.5) is 0 Å². The van der Waals surface area contributed by atoms with E-state index in [0.717, 1.165) is 12.8 Å². The third kappa shape index (κ3) is 8.10. The Morgan fingerprint density at radius 2 is 1.08 bits per heavy atom. The molecule has 3 nitrogen and oxygen atoms in total. The van der Waals surface area contributed by atoms with Crippen molar-refractivity contribution in [2.45, 2.75) is 58.3 Å². The fourth-order valence-electron chi connectivity index (χ4n) is 2.83. The van der Waals surface area contributed by atoms with Crippen LogP contribution in [0.2, 0.25) is 0 Å². The Morgan fingerprint density at radius 1 is 0.654 bits per heavy atom. The molecule has 0 aromatic heterocycles. The summed E-state index contributed by atoms with van der Waals surface area (Å²) in [4.78, 5) is 0. The number of hydrogen-bond donors (Lipinski definition) is 0. The highest BCUT2D eigenvalue weighted by atomic mass is 31.2. The van der Waals surface area contributed by atoms with Crippen molar-refractivity contribution in [1.82, 2.24) is 0 Å². The number of rotatable bonds is 13. The van der Waals surface area contributed by atoms with Crippen molar-refractivity contribution in [1.29, 1.82) is 0 Å². The van der Waals surface area contributed by atoms with E-state index in [9.17, 15) is 4.57 Å². The first-order valence-corrected chi connectivity index (χ1v) is 11.5.